The summed E-state index contributed by atoms with van der Waals surface area (Å²) in [4.78, 5) is 21.1. The van der Waals surface area contributed by atoms with Crippen molar-refractivity contribution in [2.75, 3.05) is 11.5 Å². The van der Waals surface area contributed by atoms with E-state index < -0.39 is 25.9 Å². The average molecular weight is 317 g/mol. The van der Waals surface area contributed by atoms with Crippen LogP contribution in [0.15, 0.2) is 23.1 Å². The third-order valence-electron chi connectivity index (χ3n) is 2.84. The topological polar surface area (TPSA) is 132 Å². The van der Waals surface area contributed by atoms with E-state index in [1.807, 2.05) is 5.43 Å². The van der Waals surface area contributed by atoms with Gasteiger partial charge in [0.25, 0.3) is 5.69 Å². The Balaban J connectivity index is 2.32. The fraction of sp³-hybridized carbons (Fsp3) is 0.300. The summed E-state index contributed by atoms with van der Waals surface area (Å²) in [5.74, 6) is 4.38. The molecule has 3 N–H and O–H groups in total. The monoisotopic (exact) mass is 317 g/mol. The van der Waals surface area contributed by atoms with Crippen LogP contribution in [0.25, 0.3) is 0 Å². The number of hydrogen-bond donors (Lipinski definition) is 2. The smallest absolute Gasteiger partial charge is 0.270 e. The lowest BCUT2D eigenvalue weighted by Gasteiger charge is -2.08. The van der Waals surface area contributed by atoms with E-state index in [1.165, 1.54) is 12.1 Å². The molecule has 0 aromatic heterocycles. The molecular formula is C10H11N3O5S2. The summed E-state index contributed by atoms with van der Waals surface area (Å²) in [6.07, 6.45) is 0. The van der Waals surface area contributed by atoms with Gasteiger partial charge < -0.3 is 0 Å². The maximum absolute atomic E-state index is 12.0. The molecule has 0 saturated carbocycles. The number of non-ortho nitro benzene ring substituents is 1. The number of nitro benzene ring substituents is 1. The van der Waals surface area contributed by atoms with Crippen molar-refractivity contribution in [2.24, 2.45) is 5.84 Å². The van der Waals surface area contributed by atoms with Gasteiger partial charge in [0.2, 0.25) is 5.91 Å². The molecular weight excluding hydrogens is 306 g/mol. The van der Waals surface area contributed by atoms with Crippen LogP contribution in [-0.2, 0) is 14.6 Å². The summed E-state index contributed by atoms with van der Waals surface area (Å²) < 4.78 is 24.0. The van der Waals surface area contributed by atoms with Crippen LogP contribution in [0.1, 0.15) is 10.8 Å². The van der Waals surface area contributed by atoms with E-state index in [1.54, 1.807) is 0 Å². The fourth-order valence-electron chi connectivity index (χ4n) is 1.91. The molecule has 0 unspecified atom stereocenters. The van der Waals surface area contributed by atoms with E-state index in [2.05, 4.69) is 0 Å². The molecule has 108 valence electrons. The van der Waals surface area contributed by atoms with Crippen molar-refractivity contribution in [3.05, 3.63) is 33.9 Å². The van der Waals surface area contributed by atoms with Gasteiger partial charge in [-0.3, -0.25) is 20.3 Å². The molecule has 0 fully saturated rings. The zero-order chi connectivity index (χ0) is 14.9. The third kappa shape index (κ3) is 2.76. The number of nitrogens with two attached hydrogens (primary N) is 1. The first-order valence-electron chi connectivity index (χ1n) is 5.47. The molecule has 1 aliphatic rings. The average Bonchev–Trinajstić information content (AvgIpc) is 2.67. The Bertz CT molecular complexity index is 673. The van der Waals surface area contributed by atoms with Crippen molar-refractivity contribution in [3.63, 3.8) is 0 Å². The normalized spacial score (nSPS) is 19.4. The van der Waals surface area contributed by atoms with E-state index in [4.69, 9.17) is 5.84 Å². The second kappa shape index (κ2) is 5.38. The Morgan fingerprint density at radius 1 is 1.55 bits per heavy atom. The van der Waals surface area contributed by atoms with E-state index in [-0.39, 0.29) is 22.1 Å². The highest BCUT2D eigenvalue weighted by Gasteiger charge is 2.36. The quantitative estimate of drug-likeness (QED) is 0.349. The Morgan fingerprint density at radius 3 is 2.85 bits per heavy atom. The number of carbonyl (C=O) groups excluding carboxylic acids is 1. The van der Waals surface area contributed by atoms with Gasteiger partial charge in [-0.05, 0) is 11.6 Å². The van der Waals surface area contributed by atoms with Crippen molar-refractivity contribution in [1.82, 2.24) is 5.43 Å². The highest BCUT2D eigenvalue weighted by atomic mass is 32.2. The number of hydrazine groups is 1. The minimum absolute atomic E-state index is 0.0209. The number of hydrogen-bond acceptors (Lipinski definition) is 7. The number of benzene rings is 1. The van der Waals surface area contributed by atoms with Crippen molar-refractivity contribution >= 4 is 33.2 Å². The molecule has 2 rings (SSSR count). The first-order valence-corrected chi connectivity index (χ1v) is 8.17. The molecule has 20 heavy (non-hydrogen) atoms. The van der Waals surface area contributed by atoms with Crippen LogP contribution in [0.5, 0.6) is 0 Å². The molecule has 0 saturated heterocycles. The largest absolute Gasteiger partial charge is 0.294 e. The molecule has 10 heteroatoms. The lowest BCUT2D eigenvalue weighted by molar-refractivity contribution is -0.385. The summed E-state index contributed by atoms with van der Waals surface area (Å²) in [5.41, 5.74) is 2.18. The number of carbonyl (C=O) groups is 1. The number of amides is 1. The van der Waals surface area contributed by atoms with Crippen LogP contribution in [-0.4, -0.2) is 30.8 Å². The molecule has 0 aliphatic carbocycles. The highest BCUT2D eigenvalue weighted by molar-refractivity contribution is 8.02. The van der Waals surface area contributed by atoms with Gasteiger partial charge in [-0.1, -0.05) is 0 Å². The first kappa shape index (κ1) is 14.8. The number of nitrogens with zero attached hydrogens (tertiary/aromatic N) is 1. The summed E-state index contributed by atoms with van der Waals surface area (Å²) in [6, 6.07) is 3.75. The minimum atomic E-state index is -3.55. The van der Waals surface area contributed by atoms with Crippen molar-refractivity contribution in [2.45, 2.75) is 10.1 Å². The summed E-state index contributed by atoms with van der Waals surface area (Å²) in [6.45, 7) is 0. The Hall–Kier alpha value is -1.65. The Kier molecular flexibility index (Phi) is 3.97. The molecule has 0 radical (unpaired) electrons. The van der Waals surface area contributed by atoms with Gasteiger partial charge in [-0.15, -0.1) is 11.8 Å². The Morgan fingerprint density at radius 2 is 2.25 bits per heavy atom. The first-order chi connectivity index (χ1) is 9.35. The number of thioether (sulfide) groups is 1. The molecule has 0 spiro atoms. The van der Waals surface area contributed by atoms with Gasteiger partial charge >= 0.3 is 0 Å². The summed E-state index contributed by atoms with van der Waals surface area (Å²) >= 11 is 1.13. The van der Waals surface area contributed by atoms with Gasteiger partial charge in [0.15, 0.2) is 9.84 Å². The second-order valence-corrected chi connectivity index (χ2v) is 7.32. The van der Waals surface area contributed by atoms with Crippen LogP contribution < -0.4 is 11.3 Å². The predicted molar refractivity (Wildman–Crippen MR) is 72.7 cm³/mol. The fourth-order valence-corrected chi connectivity index (χ4v) is 5.35. The van der Waals surface area contributed by atoms with Crippen LogP contribution in [0.4, 0.5) is 5.69 Å². The van der Waals surface area contributed by atoms with E-state index >= 15 is 0 Å². The highest BCUT2D eigenvalue weighted by Crippen LogP contribution is 2.42. The Labute approximate surface area is 118 Å². The number of fused-ring (bicyclic) bond motifs is 1. The lowest BCUT2D eigenvalue weighted by atomic mass is 10.1. The zero-order valence-corrected chi connectivity index (χ0v) is 11.7. The molecule has 1 heterocycles. The van der Waals surface area contributed by atoms with Crippen LogP contribution in [0.3, 0.4) is 0 Å². The van der Waals surface area contributed by atoms with Crippen molar-refractivity contribution < 1.29 is 18.1 Å². The van der Waals surface area contributed by atoms with Gasteiger partial charge in [-0.2, -0.15) is 0 Å². The molecule has 0 bridgehead atoms. The molecule has 1 atom stereocenters. The van der Waals surface area contributed by atoms with Crippen LogP contribution >= 0.6 is 11.8 Å². The maximum Gasteiger partial charge on any atom is 0.270 e. The SMILES string of the molecule is NNC(=O)CS[C@H]1CS(=O)(=O)c2cc([N+](=O)[O-])ccc21. The number of sulfone groups is 1. The summed E-state index contributed by atoms with van der Waals surface area (Å²) in [7, 11) is -3.55. The van der Waals surface area contributed by atoms with Crippen LogP contribution in [0.2, 0.25) is 0 Å². The number of nitrogens with one attached hydrogen (secondary N) is 1. The molecule has 8 nitrogen and oxygen atoms in total. The van der Waals surface area contributed by atoms with E-state index in [9.17, 15) is 23.3 Å². The molecule has 1 amide bonds. The van der Waals surface area contributed by atoms with Gasteiger partial charge in [0.05, 0.1) is 21.3 Å². The van der Waals surface area contributed by atoms with Gasteiger partial charge in [0.1, 0.15) is 0 Å². The summed E-state index contributed by atoms with van der Waals surface area (Å²) in [5, 5.41) is 10.3. The number of nitro groups is 1. The molecule has 1 aromatic rings. The van der Waals surface area contributed by atoms with Crippen molar-refractivity contribution in [3.8, 4) is 0 Å². The second-order valence-electron chi connectivity index (χ2n) is 4.13. The molecule has 1 aromatic carbocycles. The standard InChI is InChI=1S/C10H11N3O5S2/c11-12-10(14)4-19-8-5-20(17,18)9-3-6(13(15)16)1-2-7(8)9/h1-3,8H,4-5,11H2,(H,12,14)/t8-/m0/s1. The maximum atomic E-state index is 12.0. The van der Waals surface area contributed by atoms with Crippen LogP contribution in [0, 0.1) is 10.1 Å². The zero-order valence-electron chi connectivity index (χ0n) is 10.1. The minimum Gasteiger partial charge on any atom is -0.294 e. The van der Waals surface area contributed by atoms with E-state index in [0.717, 1.165) is 17.8 Å². The van der Waals surface area contributed by atoms with Gasteiger partial charge in [0, 0.05) is 17.4 Å². The molecule has 1 aliphatic heterocycles. The third-order valence-corrected chi connectivity index (χ3v) is 6.10. The lowest BCUT2D eigenvalue weighted by Crippen LogP contribution is -2.31. The predicted octanol–water partition coefficient (Wildman–Crippen LogP) is 0.146. The number of rotatable bonds is 4. The van der Waals surface area contributed by atoms with E-state index in [0.29, 0.717) is 5.56 Å². The van der Waals surface area contributed by atoms with Gasteiger partial charge in [-0.25, -0.2) is 14.3 Å². The van der Waals surface area contributed by atoms with Crippen molar-refractivity contribution in [1.29, 1.82) is 0 Å².